The molecule has 5 aromatic rings. The Balaban J connectivity index is 1.07. The number of piperazine rings is 1. The maximum absolute atomic E-state index is 12.4. The summed E-state index contributed by atoms with van der Waals surface area (Å²) in [5.41, 5.74) is 3.24. The van der Waals surface area contributed by atoms with Gasteiger partial charge in [-0.05, 0) is 25.1 Å². The van der Waals surface area contributed by atoms with Gasteiger partial charge in [-0.2, -0.15) is 0 Å². The number of amides is 2. The average Bonchev–Trinajstić information content (AvgIpc) is 3.64. The molecule has 1 aromatic carbocycles. The van der Waals surface area contributed by atoms with Crippen LogP contribution in [0.3, 0.4) is 0 Å². The molecule has 3 N–H and O–H groups in total. The number of urea groups is 1. The Kier molecular flexibility index (Phi) is 7.37. The third-order valence-electron chi connectivity index (χ3n) is 6.98. The first-order valence-corrected chi connectivity index (χ1v) is 14.6. The van der Waals surface area contributed by atoms with Crippen LogP contribution in [0.25, 0.3) is 26.6 Å². The van der Waals surface area contributed by atoms with E-state index in [1.807, 2.05) is 63.4 Å². The van der Waals surface area contributed by atoms with Crippen molar-refractivity contribution in [3.8, 4) is 17.1 Å². The second kappa shape index (κ2) is 11.1. The molecule has 1 saturated heterocycles. The van der Waals surface area contributed by atoms with E-state index in [0.717, 1.165) is 52.7 Å². The molecule has 12 heteroatoms. The zero-order valence-corrected chi connectivity index (χ0v) is 24.4. The van der Waals surface area contributed by atoms with Gasteiger partial charge in [0.25, 0.3) is 0 Å². The minimum absolute atomic E-state index is 0.190. The zero-order valence-electron chi connectivity index (χ0n) is 23.6. The fraction of sp³-hybridized carbons (Fsp3) is 0.379. The highest BCUT2D eigenvalue weighted by Gasteiger charge is 2.20. The van der Waals surface area contributed by atoms with E-state index >= 15 is 0 Å². The van der Waals surface area contributed by atoms with E-state index in [4.69, 9.17) is 19.2 Å². The molecule has 0 aliphatic carbocycles. The van der Waals surface area contributed by atoms with Crippen LogP contribution >= 0.6 is 11.3 Å². The maximum Gasteiger partial charge on any atom is 0.324 e. The summed E-state index contributed by atoms with van der Waals surface area (Å²) in [6.07, 6.45) is 2.01. The number of ether oxygens (including phenoxy) is 1. The van der Waals surface area contributed by atoms with Gasteiger partial charge in [-0.1, -0.05) is 49.4 Å². The number of rotatable bonds is 7. The molecule has 1 aliphatic rings. The standard InChI is InChI=1S/C29H34N8O3S/c1-18-16-36(12-11-30-18)13-14-39-25-10-9-22-26(34-25)41-28-32-21(17-37(22)28)19-5-7-20(8-6-19)31-27(38)33-24-15-23(40-35-24)29(2,3)4/h5-10,15,17-18,30H,11-14,16H2,1-4H3,(H2,31,33,35,38). The number of hydrogen-bond acceptors (Lipinski definition) is 9. The summed E-state index contributed by atoms with van der Waals surface area (Å²) in [5.74, 6) is 1.70. The van der Waals surface area contributed by atoms with Gasteiger partial charge in [-0.15, -0.1) is 0 Å². The SMILES string of the molecule is CC1CN(CCOc2ccc3c(n2)sc2nc(-c4ccc(NC(=O)Nc5cc(C(C)(C)C)on5)cc4)cn23)CCN1. The minimum Gasteiger partial charge on any atom is -0.476 e. The number of carbonyl (C=O) groups is 1. The van der Waals surface area contributed by atoms with Crippen LogP contribution in [0.2, 0.25) is 0 Å². The molecule has 0 saturated carbocycles. The second-order valence-corrected chi connectivity index (χ2v) is 12.3. The number of fused-ring (bicyclic) bond motifs is 3. The lowest BCUT2D eigenvalue weighted by Crippen LogP contribution is -2.50. The smallest absolute Gasteiger partial charge is 0.324 e. The van der Waals surface area contributed by atoms with Crippen molar-refractivity contribution in [2.75, 3.05) is 43.4 Å². The van der Waals surface area contributed by atoms with Gasteiger partial charge in [-0.25, -0.2) is 14.8 Å². The van der Waals surface area contributed by atoms with Crippen LogP contribution in [0.5, 0.6) is 5.88 Å². The normalized spacial score (nSPS) is 16.3. The number of nitrogens with one attached hydrogen (secondary N) is 3. The quantitative estimate of drug-likeness (QED) is 0.242. The number of carbonyl (C=O) groups excluding carboxylic acids is 1. The number of benzene rings is 1. The number of nitrogens with zero attached hydrogens (tertiary/aromatic N) is 5. The van der Waals surface area contributed by atoms with E-state index in [1.54, 1.807) is 6.07 Å². The van der Waals surface area contributed by atoms with Crippen molar-refractivity contribution in [1.82, 2.24) is 29.7 Å². The van der Waals surface area contributed by atoms with Crippen LogP contribution in [0.15, 0.2) is 53.2 Å². The van der Waals surface area contributed by atoms with Gasteiger partial charge in [0, 0.05) is 67.2 Å². The van der Waals surface area contributed by atoms with Crippen LogP contribution in [-0.2, 0) is 5.41 Å². The number of pyridine rings is 1. The summed E-state index contributed by atoms with van der Waals surface area (Å²) in [4.78, 5) is 26.1. The molecular formula is C29H34N8O3S. The first kappa shape index (κ1) is 27.2. The van der Waals surface area contributed by atoms with E-state index in [1.165, 1.54) is 11.3 Å². The highest BCUT2D eigenvalue weighted by Crippen LogP contribution is 2.30. The van der Waals surface area contributed by atoms with Crippen molar-refractivity contribution in [3.63, 3.8) is 0 Å². The van der Waals surface area contributed by atoms with Crippen LogP contribution in [0.1, 0.15) is 33.5 Å². The summed E-state index contributed by atoms with van der Waals surface area (Å²) in [6.45, 7) is 12.9. The lowest BCUT2D eigenvalue weighted by molar-refractivity contribution is 0.168. The van der Waals surface area contributed by atoms with Gasteiger partial charge in [0.05, 0.1) is 11.2 Å². The van der Waals surface area contributed by atoms with Gasteiger partial charge in [-0.3, -0.25) is 14.6 Å². The Morgan fingerprint density at radius 1 is 1.17 bits per heavy atom. The molecule has 0 bridgehead atoms. The molecule has 1 fully saturated rings. The predicted octanol–water partition coefficient (Wildman–Crippen LogP) is 5.21. The molecule has 1 aliphatic heterocycles. The molecule has 0 spiro atoms. The Labute approximate surface area is 241 Å². The molecular weight excluding hydrogens is 540 g/mol. The number of thiazole rings is 1. The van der Waals surface area contributed by atoms with E-state index < -0.39 is 6.03 Å². The Morgan fingerprint density at radius 2 is 2.00 bits per heavy atom. The minimum atomic E-state index is -0.394. The molecule has 2 amide bonds. The van der Waals surface area contributed by atoms with Crippen LogP contribution < -0.4 is 20.7 Å². The van der Waals surface area contributed by atoms with Crippen molar-refractivity contribution in [2.24, 2.45) is 0 Å². The first-order chi connectivity index (χ1) is 19.7. The second-order valence-electron chi connectivity index (χ2n) is 11.3. The lowest BCUT2D eigenvalue weighted by Gasteiger charge is -2.31. The van der Waals surface area contributed by atoms with Crippen LogP contribution in [0, 0.1) is 0 Å². The Bertz CT molecular complexity index is 1670. The lowest BCUT2D eigenvalue weighted by atomic mass is 9.93. The Morgan fingerprint density at radius 3 is 2.76 bits per heavy atom. The molecule has 11 nitrogen and oxygen atoms in total. The van der Waals surface area contributed by atoms with E-state index in [-0.39, 0.29) is 5.41 Å². The number of anilines is 2. The van der Waals surface area contributed by atoms with Crippen molar-refractivity contribution < 1.29 is 14.1 Å². The van der Waals surface area contributed by atoms with Crippen molar-refractivity contribution in [1.29, 1.82) is 0 Å². The van der Waals surface area contributed by atoms with E-state index in [9.17, 15) is 4.79 Å². The van der Waals surface area contributed by atoms with Gasteiger partial charge >= 0.3 is 6.03 Å². The summed E-state index contributed by atoms with van der Waals surface area (Å²) in [6, 6.07) is 13.4. The number of imidazole rings is 1. The topological polar surface area (TPSA) is 122 Å². The van der Waals surface area contributed by atoms with Crippen molar-refractivity contribution in [2.45, 2.75) is 39.2 Å². The van der Waals surface area contributed by atoms with Gasteiger partial charge in [0.1, 0.15) is 17.2 Å². The van der Waals surface area contributed by atoms with Crippen molar-refractivity contribution >= 4 is 44.2 Å². The summed E-state index contributed by atoms with van der Waals surface area (Å²) < 4.78 is 13.3. The molecule has 214 valence electrons. The summed E-state index contributed by atoms with van der Waals surface area (Å²) in [7, 11) is 0. The van der Waals surface area contributed by atoms with Gasteiger partial charge < -0.3 is 19.9 Å². The summed E-state index contributed by atoms with van der Waals surface area (Å²) >= 11 is 1.53. The molecule has 4 aromatic heterocycles. The molecule has 5 heterocycles. The molecule has 6 rings (SSSR count). The largest absolute Gasteiger partial charge is 0.476 e. The van der Waals surface area contributed by atoms with Crippen molar-refractivity contribution in [3.05, 3.63) is 54.4 Å². The highest BCUT2D eigenvalue weighted by molar-refractivity contribution is 7.23. The van der Waals surface area contributed by atoms with E-state index in [2.05, 4.69) is 37.3 Å². The third kappa shape index (κ3) is 6.19. The summed E-state index contributed by atoms with van der Waals surface area (Å²) in [5, 5.41) is 12.9. The highest BCUT2D eigenvalue weighted by atomic mass is 32.1. The number of hydrogen-bond donors (Lipinski definition) is 3. The van der Waals surface area contributed by atoms with Gasteiger partial charge in [0.15, 0.2) is 10.8 Å². The molecule has 1 unspecified atom stereocenters. The molecule has 41 heavy (non-hydrogen) atoms. The fourth-order valence-corrected chi connectivity index (χ4v) is 5.75. The van der Waals surface area contributed by atoms with E-state index in [0.29, 0.717) is 35.8 Å². The van der Waals surface area contributed by atoms with Crippen LogP contribution in [0.4, 0.5) is 16.3 Å². The average molecular weight is 575 g/mol. The zero-order chi connectivity index (χ0) is 28.6. The number of aromatic nitrogens is 4. The Hall–Kier alpha value is -4.00. The van der Waals surface area contributed by atoms with Gasteiger partial charge in [0.2, 0.25) is 5.88 Å². The fourth-order valence-electron chi connectivity index (χ4n) is 4.77. The monoisotopic (exact) mass is 574 g/mol. The first-order valence-electron chi connectivity index (χ1n) is 13.7. The molecule has 0 radical (unpaired) electrons. The van der Waals surface area contributed by atoms with Crippen LogP contribution in [-0.4, -0.2) is 69.3 Å². The molecule has 1 atom stereocenters. The third-order valence-corrected chi connectivity index (χ3v) is 7.94. The predicted molar refractivity (Wildman–Crippen MR) is 161 cm³/mol. The maximum atomic E-state index is 12.4.